The van der Waals surface area contributed by atoms with Crippen molar-refractivity contribution >= 4 is 52.0 Å². The number of alkyl halides is 4. The Labute approximate surface area is 182 Å². The van der Waals surface area contributed by atoms with Gasteiger partial charge in [0.2, 0.25) is 5.91 Å². The monoisotopic (exact) mass is 455 g/mol. The lowest BCUT2D eigenvalue weighted by Crippen LogP contribution is -2.22. The molecule has 0 atom stereocenters. The molecule has 9 heteroatoms. The van der Waals surface area contributed by atoms with Gasteiger partial charge >= 0.3 is 6.18 Å². The average molecular weight is 456 g/mol. The zero-order chi connectivity index (χ0) is 21.5. The van der Waals surface area contributed by atoms with Crippen LogP contribution in [-0.2, 0) is 11.0 Å². The Morgan fingerprint density at radius 1 is 1.17 bits per heavy atom. The Bertz CT molecular complexity index is 977. The first-order valence-corrected chi connectivity index (χ1v) is 11.0. The van der Waals surface area contributed by atoms with Gasteiger partial charge in [0.25, 0.3) is 0 Å². The van der Waals surface area contributed by atoms with E-state index in [1.807, 2.05) is 23.1 Å². The van der Waals surface area contributed by atoms with Crippen molar-refractivity contribution in [3.63, 3.8) is 0 Å². The molecule has 2 aromatic rings. The Morgan fingerprint density at radius 3 is 2.57 bits per heavy atom. The SMILES string of the molecule is CN1c2ccc(N3CCCC3)cc2Sc2cc(C(F)(F)F)cc(NC(=O)CCCl)c21. The molecule has 2 heterocycles. The lowest BCUT2D eigenvalue weighted by atomic mass is 10.1. The summed E-state index contributed by atoms with van der Waals surface area (Å²) in [4.78, 5) is 17.6. The molecular formula is C21H21ClF3N3OS. The largest absolute Gasteiger partial charge is 0.416 e. The molecule has 0 bridgehead atoms. The van der Waals surface area contributed by atoms with Crippen molar-refractivity contribution in [1.29, 1.82) is 0 Å². The highest BCUT2D eigenvalue weighted by atomic mass is 35.5. The molecule has 2 aliphatic heterocycles. The quantitative estimate of drug-likeness (QED) is 0.564. The van der Waals surface area contributed by atoms with Crippen molar-refractivity contribution in [2.75, 3.05) is 41.1 Å². The van der Waals surface area contributed by atoms with E-state index >= 15 is 0 Å². The summed E-state index contributed by atoms with van der Waals surface area (Å²) in [5.41, 5.74) is 1.88. The molecule has 0 spiro atoms. The Hall–Kier alpha value is -2.06. The highest BCUT2D eigenvalue weighted by Crippen LogP contribution is 2.53. The number of carbonyl (C=O) groups excluding carboxylic acids is 1. The first-order valence-electron chi connectivity index (χ1n) is 9.69. The highest BCUT2D eigenvalue weighted by Gasteiger charge is 2.35. The summed E-state index contributed by atoms with van der Waals surface area (Å²) in [6, 6.07) is 8.21. The second kappa shape index (κ2) is 8.23. The summed E-state index contributed by atoms with van der Waals surface area (Å²) in [7, 11) is 1.80. The van der Waals surface area contributed by atoms with Crippen LogP contribution in [0.5, 0.6) is 0 Å². The number of hydrogen-bond donors (Lipinski definition) is 1. The van der Waals surface area contributed by atoms with Crippen LogP contribution in [0.15, 0.2) is 40.1 Å². The van der Waals surface area contributed by atoms with E-state index in [9.17, 15) is 18.0 Å². The van der Waals surface area contributed by atoms with Crippen molar-refractivity contribution in [2.24, 2.45) is 0 Å². The summed E-state index contributed by atoms with van der Waals surface area (Å²) in [6.07, 6.45) is -2.20. The number of hydrogen-bond acceptors (Lipinski definition) is 4. The van der Waals surface area contributed by atoms with Gasteiger partial charge in [0, 0.05) is 47.9 Å². The van der Waals surface area contributed by atoms with Crippen LogP contribution in [0.25, 0.3) is 0 Å². The van der Waals surface area contributed by atoms with Gasteiger partial charge in [-0.1, -0.05) is 11.8 Å². The van der Waals surface area contributed by atoms with Crippen LogP contribution < -0.4 is 15.1 Å². The molecule has 0 aliphatic carbocycles. The fourth-order valence-electron chi connectivity index (χ4n) is 3.86. The van der Waals surface area contributed by atoms with E-state index in [4.69, 9.17) is 11.6 Å². The van der Waals surface area contributed by atoms with E-state index < -0.39 is 17.6 Å². The standard InChI is InChI=1S/C21H21ClF3N3OS/c1-27-16-5-4-14(28-8-2-3-9-28)12-17(16)30-18-11-13(21(23,24)25)10-15(20(18)27)26-19(29)6-7-22/h4-5,10-12H,2-3,6-9H2,1H3,(H,26,29). The minimum absolute atomic E-state index is 0.0270. The summed E-state index contributed by atoms with van der Waals surface area (Å²) in [5, 5.41) is 2.61. The molecule has 160 valence electrons. The molecule has 1 saturated heterocycles. The molecule has 0 saturated carbocycles. The zero-order valence-corrected chi connectivity index (χ0v) is 17.9. The molecule has 1 amide bonds. The molecule has 1 N–H and O–H groups in total. The van der Waals surface area contributed by atoms with Gasteiger partial charge < -0.3 is 15.1 Å². The number of nitrogens with zero attached hydrogens (tertiary/aromatic N) is 2. The number of amides is 1. The number of anilines is 4. The van der Waals surface area contributed by atoms with E-state index in [2.05, 4.69) is 10.2 Å². The van der Waals surface area contributed by atoms with Crippen LogP contribution >= 0.6 is 23.4 Å². The summed E-state index contributed by atoms with van der Waals surface area (Å²) in [5.74, 6) is -0.320. The normalized spacial score (nSPS) is 15.8. The smallest absolute Gasteiger partial charge is 0.372 e. The van der Waals surface area contributed by atoms with Crippen molar-refractivity contribution in [3.8, 4) is 0 Å². The van der Waals surface area contributed by atoms with Gasteiger partial charge in [-0.25, -0.2) is 0 Å². The van der Waals surface area contributed by atoms with Crippen LogP contribution in [0.1, 0.15) is 24.8 Å². The van der Waals surface area contributed by atoms with Gasteiger partial charge in [0.05, 0.1) is 22.6 Å². The number of benzene rings is 2. The van der Waals surface area contributed by atoms with Gasteiger partial charge in [0.1, 0.15) is 0 Å². The fourth-order valence-corrected chi connectivity index (χ4v) is 5.29. The van der Waals surface area contributed by atoms with Crippen molar-refractivity contribution in [1.82, 2.24) is 0 Å². The van der Waals surface area contributed by atoms with E-state index in [-0.39, 0.29) is 18.0 Å². The van der Waals surface area contributed by atoms with Crippen molar-refractivity contribution < 1.29 is 18.0 Å². The van der Waals surface area contributed by atoms with Gasteiger partial charge in [0.15, 0.2) is 0 Å². The van der Waals surface area contributed by atoms with Crippen LogP contribution in [0.2, 0.25) is 0 Å². The summed E-state index contributed by atoms with van der Waals surface area (Å²) >= 11 is 6.91. The predicted molar refractivity (Wildman–Crippen MR) is 115 cm³/mol. The van der Waals surface area contributed by atoms with Gasteiger partial charge in [-0.05, 0) is 43.2 Å². The first-order chi connectivity index (χ1) is 14.3. The first kappa shape index (κ1) is 21.2. The topological polar surface area (TPSA) is 35.6 Å². The third-order valence-electron chi connectivity index (χ3n) is 5.33. The molecule has 0 radical (unpaired) electrons. The second-order valence-electron chi connectivity index (χ2n) is 7.36. The van der Waals surface area contributed by atoms with Crippen LogP contribution in [-0.4, -0.2) is 31.9 Å². The average Bonchev–Trinajstić information content (AvgIpc) is 3.21. The van der Waals surface area contributed by atoms with Crippen LogP contribution in [0.4, 0.5) is 35.9 Å². The number of nitrogens with one attached hydrogen (secondary N) is 1. The van der Waals surface area contributed by atoms with Crippen LogP contribution in [0, 0.1) is 0 Å². The molecule has 0 aromatic heterocycles. The fraction of sp³-hybridized carbons (Fsp3) is 0.381. The van der Waals surface area contributed by atoms with E-state index in [0.717, 1.165) is 54.3 Å². The summed E-state index contributed by atoms with van der Waals surface area (Å²) in [6.45, 7) is 1.98. The summed E-state index contributed by atoms with van der Waals surface area (Å²) < 4.78 is 40.6. The van der Waals surface area contributed by atoms with Gasteiger partial charge in [-0.2, -0.15) is 13.2 Å². The number of halogens is 4. The highest BCUT2D eigenvalue weighted by molar-refractivity contribution is 7.99. The number of carbonyl (C=O) groups is 1. The Kier molecular flexibility index (Phi) is 5.81. The maximum Gasteiger partial charge on any atom is 0.416 e. The lowest BCUT2D eigenvalue weighted by Gasteiger charge is -2.33. The van der Waals surface area contributed by atoms with Gasteiger partial charge in [-0.15, -0.1) is 11.6 Å². The van der Waals surface area contributed by atoms with Crippen molar-refractivity contribution in [2.45, 2.75) is 35.2 Å². The number of rotatable bonds is 4. The maximum atomic E-state index is 13.5. The molecule has 2 aliphatic rings. The van der Waals surface area contributed by atoms with Gasteiger partial charge in [-0.3, -0.25) is 4.79 Å². The zero-order valence-electron chi connectivity index (χ0n) is 16.4. The molecule has 30 heavy (non-hydrogen) atoms. The molecule has 1 fully saturated rings. The van der Waals surface area contributed by atoms with E-state index in [0.29, 0.717) is 10.6 Å². The van der Waals surface area contributed by atoms with Crippen LogP contribution in [0.3, 0.4) is 0 Å². The van der Waals surface area contributed by atoms with E-state index in [1.165, 1.54) is 11.8 Å². The number of fused-ring (bicyclic) bond motifs is 2. The third-order valence-corrected chi connectivity index (χ3v) is 6.60. The third kappa shape index (κ3) is 4.07. The molecular weight excluding hydrogens is 435 g/mol. The molecule has 4 rings (SSSR count). The van der Waals surface area contributed by atoms with E-state index in [1.54, 1.807) is 7.05 Å². The minimum Gasteiger partial charge on any atom is -0.372 e. The maximum absolute atomic E-state index is 13.5. The molecule has 4 nitrogen and oxygen atoms in total. The lowest BCUT2D eigenvalue weighted by molar-refractivity contribution is -0.137. The molecule has 0 unspecified atom stereocenters. The minimum atomic E-state index is -4.52. The predicted octanol–water partition coefficient (Wildman–Crippen LogP) is 6.11. The van der Waals surface area contributed by atoms with Crippen molar-refractivity contribution in [3.05, 3.63) is 35.9 Å². The Morgan fingerprint density at radius 2 is 1.90 bits per heavy atom. The molecule has 2 aromatic carbocycles. The Balaban J connectivity index is 1.77. The second-order valence-corrected chi connectivity index (χ2v) is 8.82.